The third kappa shape index (κ3) is 2.26. The van der Waals surface area contributed by atoms with Crippen LogP contribution in [0.25, 0.3) is 0 Å². The summed E-state index contributed by atoms with van der Waals surface area (Å²) in [6.07, 6.45) is 1.16. The van der Waals surface area contributed by atoms with Crippen molar-refractivity contribution in [1.82, 2.24) is 4.72 Å². The van der Waals surface area contributed by atoms with Crippen LogP contribution in [0.3, 0.4) is 0 Å². The van der Waals surface area contributed by atoms with Gasteiger partial charge in [-0.3, -0.25) is 0 Å². The third-order valence-corrected chi connectivity index (χ3v) is 2.54. The molecule has 6 heteroatoms. The van der Waals surface area contributed by atoms with Crippen LogP contribution >= 0.6 is 0 Å². The summed E-state index contributed by atoms with van der Waals surface area (Å²) in [5.41, 5.74) is 0. The minimum absolute atomic E-state index is 1.06. The molecule has 1 atom stereocenters. The van der Waals surface area contributed by atoms with Crippen molar-refractivity contribution in [3.05, 3.63) is 0 Å². The van der Waals surface area contributed by atoms with Gasteiger partial charge in [-0.25, -0.2) is 17.9 Å². The third-order valence-electron chi connectivity index (χ3n) is 0.968. The molecular formula is C4H8N2O3S. The molecule has 5 nitrogen and oxygen atoms in total. The SMILES string of the molecule is CNS(=O)(=O)C(C)N=C=O. The Morgan fingerprint density at radius 3 is 2.40 bits per heavy atom. The van der Waals surface area contributed by atoms with Gasteiger partial charge in [0.15, 0.2) is 5.37 Å². The van der Waals surface area contributed by atoms with Crippen LogP contribution in [0.15, 0.2) is 4.99 Å². The van der Waals surface area contributed by atoms with E-state index in [1.807, 2.05) is 4.72 Å². The second kappa shape index (κ2) is 3.46. The predicted octanol–water partition coefficient (Wildman–Crippen LogP) is -0.783. The van der Waals surface area contributed by atoms with E-state index in [1.54, 1.807) is 0 Å². The molecule has 0 heterocycles. The summed E-state index contributed by atoms with van der Waals surface area (Å²) in [7, 11) is -2.18. The zero-order valence-electron chi connectivity index (χ0n) is 5.66. The Kier molecular flexibility index (Phi) is 3.21. The van der Waals surface area contributed by atoms with Gasteiger partial charge in [-0.2, -0.15) is 4.99 Å². The minimum atomic E-state index is -3.44. The highest BCUT2D eigenvalue weighted by atomic mass is 32.2. The highest BCUT2D eigenvalue weighted by molar-refractivity contribution is 7.90. The van der Waals surface area contributed by atoms with Crippen molar-refractivity contribution >= 4 is 16.1 Å². The second-order valence-electron chi connectivity index (χ2n) is 1.57. The van der Waals surface area contributed by atoms with E-state index in [0.717, 1.165) is 6.08 Å². The van der Waals surface area contributed by atoms with Crippen LogP contribution in [0.1, 0.15) is 6.92 Å². The number of nitrogens with zero attached hydrogens (tertiary/aromatic N) is 1. The Bertz CT molecular complexity index is 239. The molecule has 0 aliphatic heterocycles. The van der Waals surface area contributed by atoms with Gasteiger partial charge in [0.25, 0.3) is 0 Å². The molecule has 0 saturated heterocycles. The van der Waals surface area contributed by atoms with Crippen molar-refractivity contribution in [3.63, 3.8) is 0 Å². The van der Waals surface area contributed by atoms with E-state index in [0.29, 0.717) is 0 Å². The van der Waals surface area contributed by atoms with Crippen LogP contribution < -0.4 is 4.72 Å². The normalized spacial score (nSPS) is 13.8. The number of aliphatic imine (C=N–C) groups is 1. The van der Waals surface area contributed by atoms with Crippen molar-refractivity contribution in [1.29, 1.82) is 0 Å². The lowest BCUT2D eigenvalue weighted by Gasteiger charge is -2.02. The van der Waals surface area contributed by atoms with Gasteiger partial charge in [-0.1, -0.05) is 0 Å². The smallest absolute Gasteiger partial charge is 0.216 e. The Morgan fingerprint density at radius 1 is 1.60 bits per heavy atom. The maximum atomic E-state index is 10.7. The average molecular weight is 164 g/mol. The number of hydrogen-bond acceptors (Lipinski definition) is 4. The first-order chi connectivity index (χ1) is 4.54. The molecule has 0 spiro atoms. The fourth-order valence-corrected chi connectivity index (χ4v) is 0.837. The Hall–Kier alpha value is -0.710. The van der Waals surface area contributed by atoms with Crippen LogP contribution in [0.2, 0.25) is 0 Å². The first kappa shape index (κ1) is 9.29. The number of nitrogens with one attached hydrogen (secondary N) is 1. The summed E-state index contributed by atoms with van der Waals surface area (Å²) in [5, 5.41) is -1.06. The molecule has 0 fully saturated rings. The lowest BCUT2D eigenvalue weighted by Crippen LogP contribution is -2.27. The van der Waals surface area contributed by atoms with Crippen molar-refractivity contribution in [2.24, 2.45) is 4.99 Å². The van der Waals surface area contributed by atoms with E-state index in [-0.39, 0.29) is 0 Å². The number of hydrogen-bond donors (Lipinski definition) is 1. The molecule has 0 amide bonds. The summed E-state index contributed by atoms with van der Waals surface area (Å²) >= 11 is 0. The van der Waals surface area contributed by atoms with Crippen molar-refractivity contribution < 1.29 is 13.2 Å². The summed E-state index contributed by atoms with van der Waals surface area (Å²) in [4.78, 5) is 12.6. The number of sulfonamides is 1. The topological polar surface area (TPSA) is 75.6 Å². The van der Waals surface area contributed by atoms with Gasteiger partial charge in [-0.05, 0) is 14.0 Å². The molecule has 0 radical (unpaired) electrons. The lowest BCUT2D eigenvalue weighted by molar-refractivity contribution is 0.556. The van der Waals surface area contributed by atoms with Crippen LogP contribution in [-0.4, -0.2) is 26.9 Å². The number of isocyanates is 1. The quantitative estimate of drug-likeness (QED) is 0.439. The van der Waals surface area contributed by atoms with Gasteiger partial charge < -0.3 is 0 Å². The van der Waals surface area contributed by atoms with E-state index >= 15 is 0 Å². The van der Waals surface area contributed by atoms with Crippen molar-refractivity contribution in [2.45, 2.75) is 12.3 Å². The molecule has 58 valence electrons. The Morgan fingerprint density at radius 2 is 2.10 bits per heavy atom. The fourth-order valence-electron chi connectivity index (χ4n) is 0.314. The molecule has 1 N–H and O–H groups in total. The van der Waals surface area contributed by atoms with Gasteiger partial charge in [0.05, 0.1) is 0 Å². The monoisotopic (exact) mass is 164 g/mol. The molecule has 0 rings (SSSR count). The van der Waals surface area contributed by atoms with Crippen LogP contribution in [0.5, 0.6) is 0 Å². The lowest BCUT2D eigenvalue weighted by atomic mass is 10.8. The molecule has 0 aliphatic carbocycles. The van der Waals surface area contributed by atoms with E-state index in [9.17, 15) is 13.2 Å². The van der Waals surface area contributed by atoms with Gasteiger partial charge in [0.1, 0.15) is 0 Å². The molecule has 0 aromatic rings. The van der Waals surface area contributed by atoms with Crippen LogP contribution in [0, 0.1) is 0 Å². The molecule has 0 aliphatic rings. The maximum Gasteiger partial charge on any atom is 0.236 e. The van der Waals surface area contributed by atoms with Gasteiger partial charge in [-0.15, -0.1) is 0 Å². The molecule has 0 aromatic carbocycles. The molecule has 10 heavy (non-hydrogen) atoms. The molecule has 0 aromatic heterocycles. The van der Waals surface area contributed by atoms with E-state index in [1.165, 1.54) is 14.0 Å². The number of carbonyl (C=O) groups excluding carboxylic acids is 1. The summed E-state index contributed by atoms with van der Waals surface area (Å²) < 4.78 is 23.4. The van der Waals surface area contributed by atoms with E-state index in [4.69, 9.17) is 0 Å². The summed E-state index contributed by atoms with van der Waals surface area (Å²) in [6, 6.07) is 0. The summed E-state index contributed by atoms with van der Waals surface area (Å²) in [6.45, 7) is 1.29. The van der Waals surface area contributed by atoms with Crippen molar-refractivity contribution in [2.75, 3.05) is 7.05 Å². The van der Waals surface area contributed by atoms with Gasteiger partial charge in [0, 0.05) is 0 Å². The van der Waals surface area contributed by atoms with Gasteiger partial charge in [0.2, 0.25) is 16.1 Å². The second-order valence-corrected chi connectivity index (χ2v) is 3.75. The Labute approximate surface area is 59.2 Å². The fraction of sp³-hybridized carbons (Fsp3) is 0.750. The highest BCUT2D eigenvalue weighted by Crippen LogP contribution is 1.95. The van der Waals surface area contributed by atoms with E-state index < -0.39 is 15.4 Å². The first-order valence-corrected chi connectivity index (χ1v) is 4.08. The van der Waals surface area contributed by atoms with E-state index in [2.05, 4.69) is 4.99 Å². The standard InChI is InChI=1S/C4H8N2O3S/c1-4(6-3-7)10(8,9)5-2/h4-5H,1-2H3. The average Bonchev–Trinajstić information content (AvgIpc) is 1.89. The van der Waals surface area contributed by atoms with Crippen molar-refractivity contribution in [3.8, 4) is 0 Å². The largest absolute Gasteiger partial charge is 0.236 e. The van der Waals surface area contributed by atoms with Crippen LogP contribution in [0.4, 0.5) is 0 Å². The first-order valence-electron chi connectivity index (χ1n) is 2.54. The summed E-state index contributed by atoms with van der Waals surface area (Å²) in [5.74, 6) is 0. The zero-order valence-corrected chi connectivity index (χ0v) is 6.47. The molecule has 0 bridgehead atoms. The maximum absolute atomic E-state index is 10.7. The molecule has 0 saturated carbocycles. The number of rotatable bonds is 3. The molecule has 1 unspecified atom stereocenters. The van der Waals surface area contributed by atoms with Crippen LogP contribution in [-0.2, 0) is 14.8 Å². The Balaban J connectivity index is 4.50. The highest BCUT2D eigenvalue weighted by Gasteiger charge is 2.16. The molecular weight excluding hydrogens is 156 g/mol. The minimum Gasteiger partial charge on any atom is -0.216 e. The predicted molar refractivity (Wildman–Crippen MR) is 35.6 cm³/mol. The van der Waals surface area contributed by atoms with Gasteiger partial charge >= 0.3 is 0 Å². The zero-order chi connectivity index (χ0) is 8.20.